The molecule has 1 atom stereocenters. The summed E-state index contributed by atoms with van der Waals surface area (Å²) in [7, 11) is 2.23. The molecule has 2 heteroatoms. The van der Waals surface area contributed by atoms with Crippen LogP contribution < -0.4 is 0 Å². The lowest BCUT2D eigenvalue weighted by molar-refractivity contribution is 0.310. The van der Waals surface area contributed by atoms with Gasteiger partial charge in [0.05, 0.1) is 0 Å². The first kappa shape index (κ1) is 9.91. The van der Waals surface area contributed by atoms with Crippen LogP contribution in [0.4, 0.5) is 0 Å². The van der Waals surface area contributed by atoms with Gasteiger partial charge in [0, 0.05) is 23.1 Å². The molecule has 0 amide bonds. The lowest BCUT2D eigenvalue weighted by atomic mass is 10.0. The first-order valence-electron chi connectivity index (χ1n) is 6.01. The smallest absolute Gasteiger partial charge is 0.0463 e. The number of nitrogens with zero attached hydrogens (tertiary/aromatic N) is 1. The van der Waals surface area contributed by atoms with Crippen LogP contribution in [0.5, 0.6) is 0 Å². The van der Waals surface area contributed by atoms with Gasteiger partial charge in [0.1, 0.15) is 0 Å². The Bertz CT molecular complexity index is 486. The van der Waals surface area contributed by atoms with Crippen molar-refractivity contribution in [2.75, 3.05) is 13.6 Å². The summed E-state index contributed by atoms with van der Waals surface area (Å²) in [4.78, 5) is 5.80. The average Bonchev–Trinajstić information content (AvgIpc) is 2.88. The van der Waals surface area contributed by atoms with E-state index in [-0.39, 0.29) is 0 Å². The van der Waals surface area contributed by atoms with E-state index in [1.54, 1.807) is 0 Å². The minimum Gasteiger partial charge on any atom is -0.361 e. The zero-order chi connectivity index (χ0) is 11.0. The molecule has 1 saturated heterocycles. The van der Waals surface area contributed by atoms with Gasteiger partial charge in [-0.3, -0.25) is 0 Å². The van der Waals surface area contributed by atoms with E-state index in [1.165, 1.54) is 35.9 Å². The summed E-state index contributed by atoms with van der Waals surface area (Å²) in [6.45, 7) is 1.25. The lowest BCUT2D eigenvalue weighted by Crippen LogP contribution is -2.26. The van der Waals surface area contributed by atoms with Crippen LogP contribution in [-0.2, 0) is 6.42 Å². The fourth-order valence-corrected chi connectivity index (χ4v) is 2.71. The second-order valence-corrected chi connectivity index (χ2v) is 4.75. The van der Waals surface area contributed by atoms with Crippen LogP contribution in [0, 0.1) is 6.07 Å². The lowest BCUT2D eigenvalue weighted by Gasteiger charge is -2.18. The Balaban J connectivity index is 1.89. The Morgan fingerprint density at radius 1 is 1.56 bits per heavy atom. The van der Waals surface area contributed by atoms with E-state index < -0.39 is 0 Å². The molecule has 1 aliphatic heterocycles. The van der Waals surface area contributed by atoms with Gasteiger partial charge in [-0.25, -0.2) is 0 Å². The largest absolute Gasteiger partial charge is 0.361 e. The molecule has 0 spiro atoms. The van der Waals surface area contributed by atoms with Crippen LogP contribution >= 0.6 is 0 Å². The molecule has 2 aromatic rings. The van der Waals surface area contributed by atoms with E-state index in [4.69, 9.17) is 0 Å². The number of aromatic nitrogens is 1. The number of likely N-dealkylation sites (tertiary alicyclic amines) is 1. The Morgan fingerprint density at radius 2 is 2.50 bits per heavy atom. The molecule has 1 aliphatic rings. The molecule has 16 heavy (non-hydrogen) atoms. The normalized spacial score (nSPS) is 21.9. The average molecular weight is 213 g/mol. The highest BCUT2D eigenvalue weighted by molar-refractivity contribution is 5.82. The number of fused-ring (bicyclic) bond motifs is 1. The van der Waals surface area contributed by atoms with Crippen molar-refractivity contribution in [1.82, 2.24) is 9.88 Å². The van der Waals surface area contributed by atoms with Crippen molar-refractivity contribution >= 4 is 10.9 Å². The summed E-state index contributed by atoms with van der Waals surface area (Å²) in [5.74, 6) is 0. The highest BCUT2D eigenvalue weighted by Crippen LogP contribution is 2.24. The molecule has 1 radical (unpaired) electrons. The van der Waals surface area contributed by atoms with Crippen molar-refractivity contribution in [3.8, 4) is 0 Å². The van der Waals surface area contributed by atoms with Crippen molar-refractivity contribution < 1.29 is 0 Å². The third kappa shape index (κ3) is 1.63. The molecule has 2 heterocycles. The van der Waals surface area contributed by atoms with Crippen LogP contribution in [0.1, 0.15) is 18.4 Å². The molecule has 1 N–H and O–H groups in total. The van der Waals surface area contributed by atoms with Crippen LogP contribution in [0.25, 0.3) is 10.9 Å². The summed E-state index contributed by atoms with van der Waals surface area (Å²) in [5.41, 5.74) is 2.62. The van der Waals surface area contributed by atoms with Gasteiger partial charge >= 0.3 is 0 Å². The Labute approximate surface area is 96.3 Å². The monoisotopic (exact) mass is 213 g/mol. The van der Waals surface area contributed by atoms with Crippen LogP contribution in [0.15, 0.2) is 24.4 Å². The van der Waals surface area contributed by atoms with Crippen molar-refractivity contribution in [2.45, 2.75) is 25.3 Å². The SMILES string of the molecule is CN1CCC[C@@H]1Cc1c[nH]c2ccc[c]c12. The second-order valence-electron chi connectivity index (χ2n) is 4.75. The van der Waals surface area contributed by atoms with Crippen LogP contribution in [0.3, 0.4) is 0 Å². The molecule has 0 aliphatic carbocycles. The third-order valence-corrected chi connectivity index (χ3v) is 3.71. The van der Waals surface area contributed by atoms with Crippen molar-refractivity contribution in [2.24, 2.45) is 0 Å². The van der Waals surface area contributed by atoms with Crippen molar-refractivity contribution in [3.05, 3.63) is 36.0 Å². The molecule has 0 bridgehead atoms. The van der Waals surface area contributed by atoms with Gasteiger partial charge < -0.3 is 9.88 Å². The molecule has 1 fully saturated rings. The quantitative estimate of drug-likeness (QED) is 0.812. The zero-order valence-electron chi connectivity index (χ0n) is 9.66. The van der Waals surface area contributed by atoms with E-state index >= 15 is 0 Å². The van der Waals surface area contributed by atoms with Gasteiger partial charge in [-0.15, -0.1) is 0 Å². The summed E-state index contributed by atoms with van der Waals surface area (Å²) in [5, 5.41) is 1.27. The Hall–Kier alpha value is -1.28. The van der Waals surface area contributed by atoms with Gasteiger partial charge in [0.2, 0.25) is 0 Å². The topological polar surface area (TPSA) is 19.0 Å². The zero-order valence-corrected chi connectivity index (χ0v) is 9.66. The molecular formula is C14H17N2. The first-order chi connectivity index (χ1) is 7.84. The van der Waals surface area contributed by atoms with Gasteiger partial charge in [-0.2, -0.15) is 0 Å². The fraction of sp³-hybridized carbons (Fsp3) is 0.429. The van der Waals surface area contributed by atoms with E-state index in [2.05, 4.69) is 35.3 Å². The van der Waals surface area contributed by atoms with Gasteiger partial charge in [-0.1, -0.05) is 12.1 Å². The van der Waals surface area contributed by atoms with Gasteiger partial charge in [-0.05, 0) is 50.6 Å². The Morgan fingerprint density at radius 3 is 3.31 bits per heavy atom. The second kappa shape index (κ2) is 3.95. The number of benzene rings is 1. The summed E-state index contributed by atoms with van der Waals surface area (Å²) in [6.07, 6.45) is 5.97. The predicted octanol–water partition coefficient (Wildman–Crippen LogP) is 2.60. The number of H-pyrrole nitrogens is 1. The molecule has 2 nitrogen and oxygen atoms in total. The van der Waals surface area contributed by atoms with E-state index in [0.29, 0.717) is 6.04 Å². The summed E-state index contributed by atoms with van der Waals surface area (Å²) in [6, 6.07) is 10.2. The summed E-state index contributed by atoms with van der Waals surface area (Å²) >= 11 is 0. The van der Waals surface area contributed by atoms with E-state index in [1.807, 2.05) is 12.1 Å². The minimum absolute atomic E-state index is 0.715. The fourth-order valence-electron chi connectivity index (χ4n) is 2.71. The van der Waals surface area contributed by atoms with Gasteiger partial charge in [0.25, 0.3) is 0 Å². The van der Waals surface area contributed by atoms with E-state index in [9.17, 15) is 0 Å². The molecule has 0 saturated carbocycles. The number of hydrogen-bond donors (Lipinski definition) is 1. The Kier molecular flexibility index (Phi) is 2.44. The first-order valence-corrected chi connectivity index (χ1v) is 6.01. The molecule has 1 aromatic carbocycles. The number of nitrogens with one attached hydrogen (secondary N) is 1. The number of rotatable bonds is 2. The summed E-state index contributed by atoms with van der Waals surface area (Å²) < 4.78 is 0. The van der Waals surface area contributed by atoms with Crippen molar-refractivity contribution in [1.29, 1.82) is 0 Å². The highest BCUT2D eigenvalue weighted by Gasteiger charge is 2.21. The maximum absolute atomic E-state index is 3.34. The van der Waals surface area contributed by atoms with Crippen LogP contribution in [-0.4, -0.2) is 29.5 Å². The maximum Gasteiger partial charge on any atom is 0.0463 e. The maximum atomic E-state index is 3.34. The minimum atomic E-state index is 0.715. The van der Waals surface area contributed by atoms with Crippen LogP contribution in [0.2, 0.25) is 0 Å². The van der Waals surface area contributed by atoms with Crippen molar-refractivity contribution in [3.63, 3.8) is 0 Å². The third-order valence-electron chi connectivity index (χ3n) is 3.71. The number of hydrogen-bond acceptors (Lipinski definition) is 1. The standard InChI is InChI=1S/C14H17N2/c1-16-8-4-5-12(16)9-11-10-15-14-7-3-2-6-13(11)14/h2-3,7,10,12,15H,4-5,8-9H2,1H3/t12-/m1/s1. The molecule has 1 aromatic heterocycles. The van der Waals surface area contributed by atoms with E-state index in [0.717, 1.165) is 6.42 Å². The highest BCUT2D eigenvalue weighted by atomic mass is 15.1. The molecule has 83 valence electrons. The number of aromatic amines is 1. The molecular weight excluding hydrogens is 196 g/mol. The van der Waals surface area contributed by atoms with Gasteiger partial charge in [0.15, 0.2) is 0 Å². The number of likely N-dealkylation sites (N-methyl/N-ethyl adjacent to an activating group) is 1. The molecule has 0 unspecified atom stereocenters. The predicted molar refractivity (Wildman–Crippen MR) is 66.5 cm³/mol. The molecule has 3 rings (SSSR count).